The molecule has 1 unspecified atom stereocenters. The van der Waals surface area contributed by atoms with Gasteiger partial charge in [0, 0.05) is 49.2 Å². The van der Waals surface area contributed by atoms with Crippen LogP contribution in [0, 0.1) is 0 Å². The molecule has 0 spiro atoms. The van der Waals surface area contributed by atoms with Gasteiger partial charge < -0.3 is 19.8 Å². The number of imidazole rings is 1. The van der Waals surface area contributed by atoms with E-state index in [2.05, 4.69) is 63.7 Å². The normalized spacial score (nSPS) is 16.3. The van der Waals surface area contributed by atoms with E-state index in [9.17, 15) is 4.79 Å². The molecule has 0 bridgehead atoms. The highest BCUT2D eigenvalue weighted by atomic mass is 16.2. The number of aromatic nitrogens is 3. The molecule has 176 valence electrons. The Morgan fingerprint density at radius 2 is 1.80 bits per heavy atom. The summed E-state index contributed by atoms with van der Waals surface area (Å²) in [5.74, 6) is 0.921. The molecule has 5 aromatic rings. The minimum Gasteiger partial charge on any atom is -0.337 e. The third-order valence-electron chi connectivity index (χ3n) is 7.10. The summed E-state index contributed by atoms with van der Waals surface area (Å²) in [5.41, 5.74) is 12.1. The van der Waals surface area contributed by atoms with Gasteiger partial charge in [-0.1, -0.05) is 48.5 Å². The monoisotopic (exact) mass is 463 g/mol. The number of likely N-dealkylation sites (tertiary alicyclic amines) is 1. The zero-order chi connectivity index (χ0) is 23.9. The van der Waals surface area contributed by atoms with Crippen LogP contribution >= 0.6 is 0 Å². The lowest BCUT2D eigenvalue weighted by molar-refractivity contribution is 0.0709. The summed E-state index contributed by atoms with van der Waals surface area (Å²) in [7, 11) is 2.04. The minimum absolute atomic E-state index is 0.0347. The van der Waals surface area contributed by atoms with E-state index in [1.165, 1.54) is 16.5 Å². The topological polar surface area (TPSA) is 69.1 Å². The van der Waals surface area contributed by atoms with Gasteiger partial charge in [0.2, 0.25) is 0 Å². The van der Waals surface area contributed by atoms with E-state index >= 15 is 0 Å². The first-order valence-electron chi connectivity index (χ1n) is 12.2. The predicted molar refractivity (Wildman–Crippen MR) is 140 cm³/mol. The summed E-state index contributed by atoms with van der Waals surface area (Å²) < 4.78 is 4.45. The van der Waals surface area contributed by atoms with Crippen molar-refractivity contribution in [2.24, 2.45) is 12.8 Å². The number of para-hydroxylation sites is 1. The number of carbonyl (C=O) groups excluding carboxylic acids is 1. The SMILES string of the molecule is Cn1c(-c2cc3ccccc3n2Cc2ccccc2)nc2cc(C(=O)N3CCCC(N)C3)ccc21. The fraction of sp³-hybridized carbons (Fsp3) is 0.241. The first-order chi connectivity index (χ1) is 17.1. The van der Waals surface area contributed by atoms with Crippen LogP contribution in [0.1, 0.15) is 28.8 Å². The molecule has 1 aliphatic heterocycles. The second-order valence-electron chi connectivity index (χ2n) is 9.51. The van der Waals surface area contributed by atoms with E-state index in [1.54, 1.807) is 0 Å². The first kappa shape index (κ1) is 21.6. The molecule has 0 aliphatic carbocycles. The summed E-state index contributed by atoms with van der Waals surface area (Å²) >= 11 is 0. The number of piperidine rings is 1. The van der Waals surface area contributed by atoms with E-state index in [1.807, 2.05) is 36.2 Å². The van der Waals surface area contributed by atoms with E-state index in [4.69, 9.17) is 10.7 Å². The number of aryl methyl sites for hydroxylation is 1. The maximum atomic E-state index is 13.2. The fourth-order valence-corrected chi connectivity index (χ4v) is 5.27. The maximum absolute atomic E-state index is 13.2. The van der Waals surface area contributed by atoms with Gasteiger partial charge in [-0.15, -0.1) is 0 Å². The largest absolute Gasteiger partial charge is 0.337 e. The molecule has 1 aliphatic rings. The van der Waals surface area contributed by atoms with E-state index in [0.717, 1.165) is 48.5 Å². The Morgan fingerprint density at radius 3 is 2.63 bits per heavy atom. The Morgan fingerprint density at radius 1 is 1.00 bits per heavy atom. The number of hydrogen-bond donors (Lipinski definition) is 1. The average Bonchev–Trinajstić information content (AvgIpc) is 3.41. The van der Waals surface area contributed by atoms with Crippen LogP contribution in [0.2, 0.25) is 0 Å². The van der Waals surface area contributed by atoms with E-state index in [-0.39, 0.29) is 11.9 Å². The zero-order valence-corrected chi connectivity index (χ0v) is 19.9. The highest BCUT2D eigenvalue weighted by Gasteiger charge is 2.23. The van der Waals surface area contributed by atoms with Crippen LogP contribution < -0.4 is 5.73 Å². The number of rotatable bonds is 4. The van der Waals surface area contributed by atoms with Gasteiger partial charge in [-0.2, -0.15) is 0 Å². The number of nitrogens with two attached hydrogens (primary N) is 1. The van der Waals surface area contributed by atoms with Crippen LogP contribution in [0.25, 0.3) is 33.5 Å². The van der Waals surface area contributed by atoms with Gasteiger partial charge in [0.25, 0.3) is 5.91 Å². The lowest BCUT2D eigenvalue weighted by Gasteiger charge is -2.30. The Kier molecular flexibility index (Phi) is 5.38. The molecular weight excluding hydrogens is 434 g/mol. The molecular formula is C29H29N5O. The highest BCUT2D eigenvalue weighted by Crippen LogP contribution is 2.31. The van der Waals surface area contributed by atoms with Crippen molar-refractivity contribution in [2.75, 3.05) is 13.1 Å². The number of amides is 1. The van der Waals surface area contributed by atoms with Gasteiger partial charge in [-0.25, -0.2) is 4.98 Å². The Bertz CT molecular complexity index is 1530. The van der Waals surface area contributed by atoms with Crippen molar-refractivity contribution >= 4 is 27.8 Å². The number of benzene rings is 3. The molecule has 0 radical (unpaired) electrons. The van der Waals surface area contributed by atoms with Crippen LogP contribution in [0.15, 0.2) is 78.9 Å². The van der Waals surface area contributed by atoms with Crippen molar-refractivity contribution < 1.29 is 4.79 Å². The lowest BCUT2D eigenvalue weighted by Crippen LogP contribution is -2.45. The van der Waals surface area contributed by atoms with Gasteiger partial charge >= 0.3 is 0 Å². The molecule has 6 rings (SSSR count). The number of nitrogens with zero attached hydrogens (tertiary/aromatic N) is 4. The molecule has 2 aromatic heterocycles. The zero-order valence-electron chi connectivity index (χ0n) is 19.9. The smallest absolute Gasteiger partial charge is 0.253 e. The Balaban J connectivity index is 1.43. The first-order valence-corrected chi connectivity index (χ1v) is 12.2. The second-order valence-corrected chi connectivity index (χ2v) is 9.51. The van der Waals surface area contributed by atoms with E-state index < -0.39 is 0 Å². The fourth-order valence-electron chi connectivity index (χ4n) is 5.27. The van der Waals surface area contributed by atoms with Crippen molar-refractivity contribution in [3.8, 4) is 11.5 Å². The van der Waals surface area contributed by atoms with Crippen LogP contribution in [-0.4, -0.2) is 44.1 Å². The summed E-state index contributed by atoms with van der Waals surface area (Å²) in [6, 6.07) is 27.0. The molecule has 1 fully saturated rings. The summed E-state index contributed by atoms with van der Waals surface area (Å²) in [6.07, 6.45) is 1.93. The molecule has 3 aromatic carbocycles. The number of hydrogen-bond acceptors (Lipinski definition) is 3. The molecule has 1 amide bonds. The second kappa shape index (κ2) is 8.71. The van der Waals surface area contributed by atoms with Crippen molar-refractivity contribution in [1.29, 1.82) is 0 Å². The third kappa shape index (κ3) is 3.90. The van der Waals surface area contributed by atoms with Crippen molar-refractivity contribution in [3.63, 3.8) is 0 Å². The van der Waals surface area contributed by atoms with Gasteiger partial charge in [0.1, 0.15) is 0 Å². The van der Waals surface area contributed by atoms with Gasteiger partial charge in [-0.05, 0) is 48.7 Å². The standard InChI is InChI=1S/C29H29N5O/c1-32-26-14-13-22(29(35)33-15-7-11-23(30)19-33)16-24(26)31-28(32)27-17-21-10-5-6-12-25(21)34(27)18-20-8-3-2-4-9-20/h2-6,8-10,12-14,16-17,23H,7,11,15,18-19,30H2,1H3. The molecule has 1 saturated heterocycles. The summed E-state index contributed by atoms with van der Waals surface area (Å²) in [4.78, 5) is 20.1. The maximum Gasteiger partial charge on any atom is 0.253 e. The number of carbonyl (C=O) groups is 1. The lowest BCUT2D eigenvalue weighted by atomic mass is 10.1. The van der Waals surface area contributed by atoms with Crippen LogP contribution in [0.3, 0.4) is 0 Å². The molecule has 35 heavy (non-hydrogen) atoms. The van der Waals surface area contributed by atoms with Gasteiger partial charge in [-0.3, -0.25) is 4.79 Å². The Labute approximate surface area is 204 Å². The van der Waals surface area contributed by atoms with Crippen LogP contribution in [0.4, 0.5) is 0 Å². The minimum atomic E-state index is 0.0347. The predicted octanol–water partition coefficient (Wildman–Crippen LogP) is 4.81. The number of fused-ring (bicyclic) bond motifs is 2. The van der Waals surface area contributed by atoms with E-state index in [0.29, 0.717) is 12.1 Å². The summed E-state index contributed by atoms with van der Waals surface area (Å²) in [6.45, 7) is 2.13. The summed E-state index contributed by atoms with van der Waals surface area (Å²) in [5, 5.41) is 1.18. The molecule has 0 saturated carbocycles. The van der Waals surface area contributed by atoms with Gasteiger partial charge in [0.15, 0.2) is 5.82 Å². The molecule has 1 atom stereocenters. The van der Waals surface area contributed by atoms with Crippen molar-refractivity contribution in [1.82, 2.24) is 19.0 Å². The van der Waals surface area contributed by atoms with Crippen molar-refractivity contribution in [3.05, 3.63) is 90.0 Å². The Hall–Kier alpha value is -3.90. The highest BCUT2D eigenvalue weighted by molar-refractivity contribution is 5.98. The van der Waals surface area contributed by atoms with Crippen molar-refractivity contribution in [2.45, 2.75) is 25.4 Å². The van der Waals surface area contributed by atoms with Crippen LogP contribution in [-0.2, 0) is 13.6 Å². The van der Waals surface area contributed by atoms with Crippen LogP contribution in [0.5, 0.6) is 0 Å². The molecule has 3 heterocycles. The molecule has 6 nitrogen and oxygen atoms in total. The molecule has 2 N–H and O–H groups in total. The average molecular weight is 464 g/mol. The molecule has 6 heteroatoms. The quantitative estimate of drug-likeness (QED) is 0.416. The van der Waals surface area contributed by atoms with Gasteiger partial charge in [0.05, 0.1) is 16.7 Å². The third-order valence-corrected chi connectivity index (χ3v) is 7.10.